The minimum absolute atomic E-state index is 0.0564. The zero-order valence-electron chi connectivity index (χ0n) is 10.9. The molecular formula is C13H19NO4. The van der Waals surface area contributed by atoms with Crippen molar-refractivity contribution in [3.63, 3.8) is 0 Å². The van der Waals surface area contributed by atoms with Gasteiger partial charge in [0, 0.05) is 24.3 Å². The topological polar surface area (TPSA) is 67.8 Å². The summed E-state index contributed by atoms with van der Waals surface area (Å²) in [4.78, 5) is 11.9. The van der Waals surface area contributed by atoms with E-state index in [9.17, 15) is 4.79 Å². The van der Waals surface area contributed by atoms with Crippen LogP contribution >= 0.6 is 0 Å². The molecule has 0 aliphatic heterocycles. The first kappa shape index (κ1) is 14.3. The molecule has 1 aromatic rings. The van der Waals surface area contributed by atoms with Crippen molar-refractivity contribution in [2.45, 2.75) is 13.3 Å². The molecule has 0 atom stereocenters. The second-order valence-corrected chi connectivity index (χ2v) is 3.84. The number of ether oxygens (including phenoxy) is 2. The highest BCUT2D eigenvalue weighted by molar-refractivity contribution is 5.95. The lowest BCUT2D eigenvalue weighted by Crippen LogP contribution is -2.25. The van der Waals surface area contributed by atoms with Gasteiger partial charge in [-0.05, 0) is 25.5 Å². The van der Waals surface area contributed by atoms with E-state index in [1.165, 1.54) is 0 Å². The lowest BCUT2D eigenvalue weighted by Gasteiger charge is -2.12. The summed E-state index contributed by atoms with van der Waals surface area (Å²) in [5.74, 6) is 1.02. The second kappa shape index (κ2) is 6.86. The molecule has 0 fully saturated rings. The third-order valence-electron chi connectivity index (χ3n) is 2.63. The first-order valence-electron chi connectivity index (χ1n) is 5.75. The van der Waals surface area contributed by atoms with E-state index >= 15 is 0 Å². The fourth-order valence-corrected chi connectivity index (χ4v) is 1.60. The van der Waals surface area contributed by atoms with Crippen molar-refractivity contribution in [3.8, 4) is 11.5 Å². The summed E-state index contributed by atoms with van der Waals surface area (Å²) in [7, 11) is 3.10. The van der Waals surface area contributed by atoms with Crippen LogP contribution in [-0.4, -0.2) is 38.4 Å². The molecule has 5 heteroatoms. The first-order chi connectivity index (χ1) is 8.63. The van der Waals surface area contributed by atoms with E-state index in [1.807, 2.05) is 6.92 Å². The predicted molar refractivity (Wildman–Crippen MR) is 68.3 cm³/mol. The van der Waals surface area contributed by atoms with Gasteiger partial charge in [0.25, 0.3) is 5.91 Å². The third kappa shape index (κ3) is 3.37. The molecule has 0 aromatic heterocycles. The van der Waals surface area contributed by atoms with E-state index in [2.05, 4.69) is 5.32 Å². The van der Waals surface area contributed by atoms with Crippen LogP contribution in [0.1, 0.15) is 22.3 Å². The van der Waals surface area contributed by atoms with Crippen molar-refractivity contribution in [2.24, 2.45) is 0 Å². The van der Waals surface area contributed by atoms with E-state index in [0.29, 0.717) is 30.0 Å². The molecule has 1 aromatic carbocycles. The molecule has 1 amide bonds. The number of hydrogen-bond acceptors (Lipinski definition) is 4. The molecule has 0 unspecified atom stereocenters. The van der Waals surface area contributed by atoms with Gasteiger partial charge in [0.15, 0.2) is 0 Å². The maximum absolute atomic E-state index is 11.9. The van der Waals surface area contributed by atoms with Crippen molar-refractivity contribution < 1.29 is 19.4 Å². The summed E-state index contributed by atoms with van der Waals surface area (Å²) >= 11 is 0. The molecule has 0 saturated heterocycles. The Morgan fingerprint density at radius 2 is 1.83 bits per heavy atom. The lowest BCUT2D eigenvalue weighted by molar-refractivity contribution is 0.0950. The molecule has 0 spiro atoms. The molecule has 0 aliphatic rings. The maximum Gasteiger partial charge on any atom is 0.251 e. The highest BCUT2D eigenvalue weighted by Crippen LogP contribution is 2.29. The first-order valence-corrected chi connectivity index (χ1v) is 5.75. The Morgan fingerprint density at radius 1 is 1.28 bits per heavy atom. The van der Waals surface area contributed by atoms with Crippen LogP contribution in [0.3, 0.4) is 0 Å². The number of nitrogens with one attached hydrogen (secondary N) is 1. The average molecular weight is 253 g/mol. The second-order valence-electron chi connectivity index (χ2n) is 3.84. The molecule has 0 radical (unpaired) electrons. The van der Waals surface area contributed by atoms with E-state index in [1.54, 1.807) is 26.4 Å². The molecule has 5 nitrogen and oxygen atoms in total. The van der Waals surface area contributed by atoms with E-state index in [0.717, 1.165) is 5.56 Å². The van der Waals surface area contributed by atoms with Gasteiger partial charge in [-0.25, -0.2) is 0 Å². The molecule has 1 rings (SSSR count). The summed E-state index contributed by atoms with van der Waals surface area (Å²) in [5, 5.41) is 11.4. The van der Waals surface area contributed by atoms with Crippen LogP contribution < -0.4 is 14.8 Å². The van der Waals surface area contributed by atoms with Crippen LogP contribution in [0.4, 0.5) is 0 Å². The number of aliphatic hydroxyl groups excluding tert-OH is 1. The highest BCUT2D eigenvalue weighted by atomic mass is 16.5. The van der Waals surface area contributed by atoms with Gasteiger partial charge in [0.1, 0.15) is 11.5 Å². The summed E-state index contributed by atoms with van der Waals surface area (Å²) in [6.07, 6.45) is 0.534. The zero-order chi connectivity index (χ0) is 13.5. The largest absolute Gasteiger partial charge is 0.496 e. The summed E-state index contributed by atoms with van der Waals surface area (Å²) in [6, 6.07) is 3.35. The SMILES string of the molecule is COc1cc(C(=O)NCCCO)cc(OC)c1C. The van der Waals surface area contributed by atoms with Gasteiger partial charge in [-0.3, -0.25) is 4.79 Å². The van der Waals surface area contributed by atoms with Crippen molar-refractivity contribution in [3.05, 3.63) is 23.3 Å². The molecule has 100 valence electrons. The van der Waals surface area contributed by atoms with Crippen LogP contribution in [0.5, 0.6) is 11.5 Å². The van der Waals surface area contributed by atoms with Gasteiger partial charge in [-0.1, -0.05) is 0 Å². The Labute approximate surface area is 107 Å². The van der Waals surface area contributed by atoms with Crippen LogP contribution in [0, 0.1) is 6.92 Å². The smallest absolute Gasteiger partial charge is 0.251 e. The maximum atomic E-state index is 11.9. The number of benzene rings is 1. The van der Waals surface area contributed by atoms with Gasteiger partial charge < -0.3 is 19.9 Å². The number of methoxy groups -OCH3 is 2. The molecule has 2 N–H and O–H groups in total. The van der Waals surface area contributed by atoms with Crippen LogP contribution in [0.15, 0.2) is 12.1 Å². The van der Waals surface area contributed by atoms with Gasteiger partial charge >= 0.3 is 0 Å². The van der Waals surface area contributed by atoms with Crippen molar-refractivity contribution >= 4 is 5.91 Å². The van der Waals surface area contributed by atoms with Gasteiger partial charge in [0.05, 0.1) is 14.2 Å². The number of hydrogen-bond donors (Lipinski definition) is 2. The Morgan fingerprint density at radius 3 is 2.28 bits per heavy atom. The minimum Gasteiger partial charge on any atom is -0.496 e. The van der Waals surface area contributed by atoms with Crippen molar-refractivity contribution in [1.82, 2.24) is 5.32 Å². The Balaban J connectivity index is 2.91. The van der Waals surface area contributed by atoms with Gasteiger partial charge in [-0.2, -0.15) is 0 Å². The number of carbonyl (C=O) groups excluding carboxylic acids is 1. The molecule has 0 heterocycles. The third-order valence-corrected chi connectivity index (χ3v) is 2.63. The van der Waals surface area contributed by atoms with Gasteiger partial charge in [-0.15, -0.1) is 0 Å². The number of carbonyl (C=O) groups is 1. The van der Waals surface area contributed by atoms with Crippen molar-refractivity contribution in [1.29, 1.82) is 0 Å². The number of amides is 1. The van der Waals surface area contributed by atoms with Gasteiger partial charge in [0.2, 0.25) is 0 Å². The molecule has 0 bridgehead atoms. The fourth-order valence-electron chi connectivity index (χ4n) is 1.60. The van der Waals surface area contributed by atoms with E-state index in [-0.39, 0.29) is 12.5 Å². The number of rotatable bonds is 6. The minimum atomic E-state index is -0.208. The van der Waals surface area contributed by atoms with E-state index < -0.39 is 0 Å². The standard InChI is InChI=1S/C13H19NO4/c1-9-11(17-2)7-10(8-12(9)18-3)13(16)14-5-4-6-15/h7-8,15H,4-6H2,1-3H3,(H,14,16). The Hall–Kier alpha value is -1.75. The lowest BCUT2D eigenvalue weighted by atomic mass is 10.1. The summed E-state index contributed by atoms with van der Waals surface area (Å²) < 4.78 is 10.4. The zero-order valence-corrected chi connectivity index (χ0v) is 10.9. The van der Waals surface area contributed by atoms with Crippen LogP contribution in [0.25, 0.3) is 0 Å². The predicted octanol–water partition coefficient (Wildman–Crippen LogP) is 1.12. The fraction of sp³-hybridized carbons (Fsp3) is 0.462. The van der Waals surface area contributed by atoms with Crippen LogP contribution in [-0.2, 0) is 0 Å². The molecule has 18 heavy (non-hydrogen) atoms. The summed E-state index contributed by atoms with van der Waals surface area (Å²) in [5.41, 5.74) is 1.33. The van der Waals surface area contributed by atoms with E-state index in [4.69, 9.17) is 14.6 Å². The Kier molecular flexibility index (Phi) is 5.45. The summed E-state index contributed by atoms with van der Waals surface area (Å²) in [6.45, 7) is 2.36. The molecule has 0 saturated carbocycles. The quantitative estimate of drug-likeness (QED) is 0.746. The molecule has 0 aliphatic carbocycles. The Bertz CT molecular complexity index is 392. The number of aliphatic hydroxyl groups is 1. The van der Waals surface area contributed by atoms with Crippen molar-refractivity contribution in [2.75, 3.05) is 27.4 Å². The highest BCUT2D eigenvalue weighted by Gasteiger charge is 2.12. The normalized spacial score (nSPS) is 10.0. The molecular weight excluding hydrogens is 234 g/mol. The monoisotopic (exact) mass is 253 g/mol. The van der Waals surface area contributed by atoms with Crippen LogP contribution in [0.2, 0.25) is 0 Å². The average Bonchev–Trinajstić information content (AvgIpc) is 2.39.